The predicted molar refractivity (Wildman–Crippen MR) is 140 cm³/mol. The smallest absolute Gasteiger partial charge is 0.270 e. The van der Waals surface area contributed by atoms with Crippen molar-refractivity contribution < 1.29 is 17.9 Å². The van der Waals surface area contributed by atoms with Crippen LogP contribution in [0.3, 0.4) is 0 Å². The number of carbonyl (C=O) groups excluding carboxylic acids is 1. The van der Waals surface area contributed by atoms with Gasteiger partial charge in [-0.15, -0.1) is 0 Å². The molecule has 0 bridgehead atoms. The number of aromatic nitrogens is 1. The molecule has 3 unspecified atom stereocenters. The van der Waals surface area contributed by atoms with Crippen LogP contribution in [0.4, 0.5) is 5.82 Å². The molecular formula is C23H28N4O5S3. The fraction of sp³-hybridized carbons (Fsp3) is 0.565. The van der Waals surface area contributed by atoms with Crippen molar-refractivity contribution >= 4 is 55.9 Å². The van der Waals surface area contributed by atoms with Gasteiger partial charge in [0.2, 0.25) is 0 Å². The Morgan fingerprint density at radius 2 is 1.91 bits per heavy atom. The first-order valence-electron chi connectivity index (χ1n) is 11.5. The van der Waals surface area contributed by atoms with Gasteiger partial charge in [0, 0.05) is 25.2 Å². The highest BCUT2D eigenvalue weighted by Gasteiger charge is 2.42. The van der Waals surface area contributed by atoms with Gasteiger partial charge in [-0.1, -0.05) is 24.0 Å². The van der Waals surface area contributed by atoms with Gasteiger partial charge in [-0.2, -0.15) is 5.26 Å². The number of nitrogens with zero attached hydrogens (tertiary/aromatic N) is 4. The van der Waals surface area contributed by atoms with E-state index in [0.717, 1.165) is 11.8 Å². The van der Waals surface area contributed by atoms with E-state index in [0.29, 0.717) is 52.2 Å². The molecule has 1 aromatic rings. The lowest BCUT2D eigenvalue weighted by Crippen LogP contribution is -2.48. The number of amides is 1. The molecule has 3 fully saturated rings. The summed E-state index contributed by atoms with van der Waals surface area (Å²) < 4.78 is 31.8. The summed E-state index contributed by atoms with van der Waals surface area (Å²) in [5.74, 6) is 0.241. The topological polar surface area (TPSA) is 113 Å². The molecule has 188 valence electrons. The van der Waals surface area contributed by atoms with Gasteiger partial charge in [0.1, 0.15) is 21.8 Å². The van der Waals surface area contributed by atoms with Gasteiger partial charge >= 0.3 is 0 Å². The monoisotopic (exact) mass is 536 g/mol. The summed E-state index contributed by atoms with van der Waals surface area (Å²) in [6.45, 7) is 8.95. The molecule has 3 saturated heterocycles. The number of nitriles is 1. The van der Waals surface area contributed by atoms with E-state index in [-0.39, 0.29) is 40.7 Å². The maximum absolute atomic E-state index is 13.4. The van der Waals surface area contributed by atoms with E-state index in [4.69, 9.17) is 17.0 Å². The number of morpholine rings is 1. The molecule has 4 heterocycles. The number of hydrogen-bond donors (Lipinski definition) is 0. The van der Waals surface area contributed by atoms with Gasteiger partial charge < -0.3 is 9.64 Å². The Balaban J connectivity index is 1.85. The molecule has 0 N–H and O–H groups in total. The lowest BCUT2D eigenvalue weighted by Gasteiger charge is -2.39. The minimum Gasteiger partial charge on any atom is -0.372 e. The van der Waals surface area contributed by atoms with E-state index in [1.165, 1.54) is 4.90 Å². The van der Waals surface area contributed by atoms with Gasteiger partial charge in [0.05, 0.1) is 34.7 Å². The van der Waals surface area contributed by atoms with E-state index in [9.17, 15) is 23.3 Å². The fourth-order valence-electron chi connectivity index (χ4n) is 5.03. The number of pyridine rings is 1. The van der Waals surface area contributed by atoms with Crippen LogP contribution in [0.2, 0.25) is 0 Å². The second kappa shape index (κ2) is 9.69. The third-order valence-corrected chi connectivity index (χ3v) is 9.64. The van der Waals surface area contributed by atoms with Crippen LogP contribution in [0.5, 0.6) is 0 Å². The van der Waals surface area contributed by atoms with Crippen LogP contribution in [-0.4, -0.2) is 71.0 Å². The number of rotatable bonds is 4. The van der Waals surface area contributed by atoms with Crippen LogP contribution >= 0.6 is 24.0 Å². The van der Waals surface area contributed by atoms with E-state index < -0.39 is 15.9 Å². The van der Waals surface area contributed by atoms with Crippen LogP contribution in [0.1, 0.15) is 43.9 Å². The summed E-state index contributed by atoms with van der Waals surface area (Å²) >= 11 is 6.58. The van der Waals surface area contributed by atoms with E-state index in [1.807, 2.05) is 26.8 Å². The molecule has 1 amide bonds. The van der Waals surface area contributed by atoms with Crippen molar-refractivity contribution in [2.45, 2.75) is 58.9 Å². The van der Waals surface area contributed by atoms with Gasteiger partial charge in [0.15, 0.2) is 9.84 Å². The highest BCUT2D eigenvalue weighted by Crippen LogP contribution is 2.38. The number of ether oxygens (including phenoxy) is 1. The van der Waals surface area contributed by atoms with Crippen LogP contribution in [-0.2, 0) is 25.9 Å². The average Bonchev–Trinajstić information content (AvgIpc) is 3.26. The first kappa shape index (κ1) is 25.9. The Kier molecular flexibility index (Phi) is 7.16. The van der Waals surface area contributed by atoms with Crippen molar-refractivity contribution in [2.24, 2.45) is 0 Å². The second-order valence-corrected chi connectivity index (χ2v) is 13.1. The molecular weight excluding hydrogens is 508 g/mol. The minimum atomic E-state index is -3.19. The highest BCUT2D eigenvalue weighted by molar-refractivity contribution is 8.26. The maximum Gasteiger partial charge on any atom is 0.270 e. The molecule has 0 saturated carbocycles. The highest BCUT2D eigenvalue weighted by atomic mass is 32.2. The predicted octanol–water partition coefficient (Wildman–Crippen LogP) is 2.05. The van der Waals surface area contributed by atoms with Crippen molar-refractivity contribution in [3.63, 3.8) is 0 Å². The minimum absolute atomic E-state index is 0.0357. The molecule has 12 heteroatoms. The van der Waals surface area contributed by atoms with Gasteiger partial charge in [0.25, 0.3) is 11.5 Å². The first-order valence-corrected chi connectivity index (χ1v) is 14.6. The third-order valence-electron chi connectivity index (χ3n) is 6.55. The van der Waals surface area contributed by atoms with E-state index in [1.54, 1.807) is 17.6 Å². The Hall–Kier alpha value is -2.20. The second-order valence-electron chi connectivity index (χ2n) is 9.17. The summed E-state index contributed by atoms with van der Waals surface area (Å²) in [4.78, 5) is 30.4. The van der Waals surface area contributed by atoms with Crippen LogP contribution in [0, 0.1) is 18.3 Å². The van der Waals surface area contributed by atoms with Crippen molar-refractivity contribution in [3.8, 4) is 6.07 Å². The molecule has 9 nitrogen and oxygen atoms in total. The quantitative estimate of drug-likeness (QED) is 0.421. The summed E-state index contributed by atoms with van der Waals surface area (Å²) in [7, 11) is -3.19. The summed E-state index contributed by atoms with van der Waals surface area (Å²) in [6, 6.07) is 1.56. The zero-order valence-electron chi connectivity index (χ0n) is 20.1. The number of thioether (sulfide) groups is 1. The van der Waals surface area contributed by atoms with Gasteiger partial charge in [-0.3, -0.25) is 19.1 Å². The molecule has 0 spiro atoms. The lowest BCUT2D eigenvalue weighted by molar-refractivity contribution is -0.123. The molecule has 3 aliphatic rings. The van der Waals surface area contributed by atoms with Crippen LogP contribution in [0.15, 0.2) is 9.70 Å². The number of anilines is 1. The molecule has 1 aromatic heterocycles. The molecule has 4 rings (SSSR count). The van der Waals surface area contributed by atoms with Gasteiger partial charge in [-0.25, -0.2) is 8.42 Å². The van der Waals surface area contributed by atoms with Crippen LogP contribution < -0.4 is 10.5 Å². The van der Waals surface area contributed by atoms with E-state index >= 15 is 0 Å². The number of thiocarbonyl (C=S) groups is 1. The lowest BCUT2D eigenvalue weighted by atomic mass is 10.0. The zero-order chi connectivity index (χ0) is 25.7. The Bertz CT molecular complexity index is 1320. The maximum atomic E-state index is 13.4. The fourth-order valence-corrected chi connectivity index (χ4v) is 8.12. The average molecular weight is 537 g/mol. The molecule has 3 aliphatic heterocycles. The molecule has 3 atom stereocenters. The Morgan fingerprint density at radius 3 is 2.46 bits per heavy atom. The standard InChI is InChI=1S/C23H28N4O5S3/c1-5-26-20(25-10-13(2)32-14(3)11-25)17(15(4)18(9-24)21(26)28)8-19-22(29)27(23(33)34-19)16-6-7-35(30,31)12-16/h8,13-14,16H,5-7,10-12H2,1-4H3/b19-8-. The molecule has 0 aromatic carbocycles. The van der Waals surface area contributed by atoms with Crippen molar-refractivity contribution in [1.29, 1.82) is 5.26 Å². The molecule has 35 heavy (non-hydrogen) atoms. The van der Waals surface area contributed by atoms with E-state index in [2.05, 4.69) is 4.90 Å². The summed E-state index contributed by atoms with van der Waals surface area (Å²) in [5, 5.41) is 9.74. The summed E-state index contributed by atoms with van der Waals surface area (Å²) in [6.07, 6.45) is 1.93. The normalized spacial score (nSPS) is 27.6. The molecule has 0 aliphatic carbocycles. The Labute approximate surface area is 214 Å². The van der Waals surface area contributed by atoms with Crippen LogP contribution in [0.25, 0.3) is 6.08 Å². The number of sulfone groups is 1. The zero-order valence-corrected chi connectivity index (χ0v) is 22.6. The summed E-state index contributed by atoms with van der Waals surface area (Å²) in [5.41, 5.74) is 0.783. The number of hydrogen-bond acceptors (Lipinski definition) is 9. The van der Waals surface area contributed by atoms with Crippen molar-refractivity contribution in [2.75, 3.05) is 29.5 Å². The van der Waals surface area contributed by atoms with Gasteiger partial charge in [-0.05, 0) is 45.8 Å². The van der Waals surface area contributed by atoms with Crippen molar-refractivity contribution in [1.82, 2.24) is 9.47 Å². The van der Waals surface area contributed by atoms with Crippen molar-refractivity contribution in [3.05, 3.63) is 31.9 Å². The first-order chi connectivity index (χ1) is 16.5. The largest absolute Gasteiger partial charge is 0.372 e. The Morgan fingerprint density at radius 1 is 1.26 bits per heavy atom. The third kappa shape index (κ3) is 4.79. The SMILES string of the molecule is CCn1c(N2CC(C)OC(C)C2)c(/C=C2\SC(=S)N(C3CCS(=O)(=O)C3)C2=O)c(C)c(C#N)c1=O. The number of carbonyl (C=O) groups is 1. The molecule has 0 radical (unpaired) electrons.